The lowest BCUT2D eigenvalue weighted by Crippen LogP contribution is -2.49. The van der Waals surface area contributed by atoms with Gasteiger partial charge in [-0.05, 0) is 60.5 Å². The van der Waals surface area contributed by atoms with Crippen molar-refractivity contribution in [3.63, 3.8) is 0 Å². The molecule has 0 aromatic heterocycles. The number of esters is 3. The van der Waals surface area contributed by atoms with Crippen molar-refractivity contribution in [1.82, 2.24) is 10.6 Å². The van der Waals surface area contributed by atoms with E-state index in [0.717, 1.165) is 5.56 Å². The van der Waals surface area contributed by atoms with Gasteiger partial charge in [0, 0.05) is 6.42 Å². The molecule has 9 heteroatoms. The Morgan fingerprint density at radius 1 is 0.882 bits per heavy atom. The van der Waals surface area contributed by atoms with Crippen LogP contribution >= 0.6 is 0 Å². The summed E-state index contributed by atoms with van der Waals surface area (Å²) in [4.78, 5) is 49.3. The first kappa shape index (κ1) is 29.1. The van der Waals surface area contributed by atoms with Crippen LogP contribution in [0.5, 0.6) is 0 Å². The average molecular weight is 479 g/mol. The van der Waals surface area contributed by atoms with E-state index >= 15 is 0 Å². The van der Waals surface area contributed by atoms with Crippen LogP contribution in [0.4, 0.5) is 0 Å². The Labute approximate surface area is 201 Å². The van der Waals surface area contributed by atoms with Gasteiger partial charge >= 0.3 is 17.9 Å². The van der Waals surface area contributed by atoms with Gasteiger partial charge in [-0.15, -0.1) is 0 Å². The predicted molar refractivity (Wildman–Crippen MR) is 127 cm³/mol. The van der Waals surface area contributed by atoms with E-state index < -0.39 is 47.1 Å². The van der Waals surface area contributed by atoms with Crippen molar-refractivity contribution in [2.75, 3.05) is 6.54 Å². The minimum Gasteiger partial charge on any atom is -0.461 e. The smallest absolute Gasteiger partial charge is 0.329 e. The molecule has 0 fully saturated rings. The zero-order valence-corrected chi connectivity index (χ0v) is 21.2. The number of amides is 1. The second-order valence-electron chi connectivity index (χ2n) is 9.97. The van der Waals surface area contributed by atoms with E-state index in [-0.39, 0.29) is 26.0 Å². The molecule has 1 amide bonds. The van der Waals surface area contributed by atoms with Crippen molar-refractivity contribution in [2.45, 2.75) is 91.2 Å². The topological polar surface area (TPSA) is 120 Å². The molecule has 0 bridgehead atoms. The van der Waals surface area contributed by atoms with Crippen LogP contribution in [0.1, 0.15) is 66.9 Å². The molecule has 1 aromatic carbocycles. The summed E-state index contributed by atoms with van der Waals surface area (Å²) in [7, 11) is 0. The SMILES string of the molecule is CC(NCC(=O)NC(CCC(=O)OCc1ccccc1)C(=O)OC(C)(C)C)C(=O)OC(C)(C)C. The summed E-state index contributed by atoms with van der Waals surface area (Å²) in [6.07, 6.45) is -0.0747. The molecule has 34 heavy (non-hydrogen) atoms. The highest BCUT2D eigenvalue weighted by Gasteiger charge is 2.28. The van der Waals surface area contributed by atoms with Gasteiger partial charge in [0.05, 0.1) is 6.54 Å². The molecule has 1 aromatic rings. The Morgan fingerprint density at radius 3 is 2.00 bits per heavy atom. The highest BCUT2D eigenvalue weighted by molar-refractivity contribution is 5.86. The molecule has 0 saturated carbocycles. The van der Waals surface area contributed by atoms with Gasteiger partial charge in [-0.3, -0.25) is 19.7 Å². The van der Waals surface area contributed by atoms with Crippen LogP contribution in [0.3, 0.4) is 0 Å². The summed E-state index contributed by atoms with van der Waals surface area (Å²) < 4.78 is 15.9. The Bertz CT molecular complexity index is 826. The molecule has 2 unspecified atom stereocenters. The highest BCUT2D eigenvalue weighted by atomic mass is 16.6. The first-order valence-electron chi connectivity index (χ1n) is 11.3. The molecule has 9 nitrogen and oxygen atoms in total. The zero-order chi connectivity index (χ0) is 25.9. The number of hydrogen-bond donors (Lipinski definition) is 2. The second kappa shape index (κ2) is 13.1. The Kier molecular flexibility index (Phi) is 11.2. The van der Waals surface area contributed by atoms with Crippen molar-refractivity contribution in [3.05, 3.63) is 35.9 Å². The quantitative estimate of drug-likeness (QED) is 0.368. The van der Waals surface area contributed by atoms with Crippen LogP contribution < -0.4 is 10.6 Å². The predicted octanol–water partition coefficient (Wildman–Crippen LogP) is 2.66. The molecular weight excluding hydrogens is 440 g/mol. The van der Waals surface area contributed by atoms with Crippen molar-refractivity contribution in [2.24, 2.45) is 0 Å². The molecule has 190 valence electrons. The number of rotatable bonds is 11. The second-order valence-corrected chi connectivity index (χ2v) is 9.97. The molecule has 0 aliphatic heterocycles. The zero-order valence-electron chi connectivity index (χ0n) is 21.2. The summed E-state index contributed by atoms with van der Waals surface area (Å²) >= 11 is 0. The summed E-state index contributed by atoms with van der Waals surface area (Å²) in [5.74, 6) is -2.17. The van der Waals surface area contributed by atoms with Crippen LogP contribution in [0, 0.1) is 0 Å². The van der Waals surface area contributed by atoms with Gasteiger partial charge in [-0.1, -0.05) is 30.3 Å². The summed E-state index contributed by atoms with van der Waals surface area (Å²) in [5.41, 5.74) is -0.568. The average Bonchev–Trinajstić information content (AvgIpc) is 2.71. The van der Waals surface area contributed by atoms with Crippen LogP contribution in [0.2, 0.25) is 0 Å². The van der Waals surface area contributed by atoms with Crippen LogP contribution in [-0.4, -0.2) is 53.6 Å². The molecule has 0 spiro atoms. The van der Waals surface area contributed by atoms with Gasteiger partial charge in [0.1, 0.15) is 29.9 Å². The van der Waals surface area contributed by atoms with E-state index in [1.165, 1.54) is 0 Å². The number of nitrogens with one attached hydrogen (secondary N) is 2. The largest absolute Gasteiger partial charge is 0.461 e. The van der Waals surface area contributed by atoms with Gasteiger partial charge in [0.15, 0.2) is 0 Å². The standard InChI is InChI=1S/C25H38N2O7/c1-17(22(30)33-24(2,3)4)26-15-20(28)27-19(23(31)34-25(5,6)7)13-14-21(29)32-16-18-11-9-8-10-12-18/h8-12,17,19,26H,13-16H2,1-7H3,(H,27,28). The summed E-state index contributed by atoms with van der Waals surface area (Å²) in [6.45, 7) is 11.9. The van der Waals surface area contributed by atoms with Crippen molar-refractivity contribution in [3.8, 4) is 0 Å². The summed E-state index contributed by atoms with van der Waals surface area (Å²) in [5, 5.41) is 5.35. The third-order valence-corrected chi connectivity index (χ3v) is 4.24. The van der Waals surface area contributed by atoms with Crippen LogP contribution in [0.25, 0.3) is 0 Å². The number of ether oxygens (including phenoxy) is 3. The monoisotopic (exact) mass is 478 g/mol. The van der Waals surface area contributed by atoms with E-state index in [9.17, 15) is 19.2 Å². The first-order chi connectivity index (χ1) is 15.7. The van der Waals surface area contributed by atoms with Crippen LogP contribution in [-0.2, 0) is 40.0 Å². The van der Waals surface area contributed by atoms with Crippen molar-refractivity contribution in [1.29, 1.82) is 0 Å². The Hall–Kier alpha value is -2.94. The van der Waals surface area contributed by atoms with E-state index in [1.54, 1.807) is 48.5 Å². The molecule has 0 heterocycles. The van der Waals surface area contributed by atoms with Gasteiger partial charge in [0.25, 0.3) is 0 Å². The van der Waals surface area contributed by atoms with Gasteiger partial charge in [0.2, 0.25) is 5.91 Å². The molecule has 0 radical (unpaired) electrons. The van der Waals surface area contributed by atoms with E-state index in [1.807, 2.05) is 30.3 Å². The van der Waals surface area contributed by atoms with Crippen molar-refractivity contribution >= 4 is 23.8 Å². The minimum absolute atomic E-state index is 0.00982. The maximum atomic E-state index is 12.6. The molecule has 1 rings (SSSR count). The number of hydrogen-bond acceptors (Lipinski definition) is 8. The van der Waals surface area contributed by atoms with Crippen molar-refractivity contribution < 1.29 is 33.4 Å². The highest BCUT2D eigenvalue weighted by Crippen LogP contribution is 2.12. The fraction of sp³-hybridized carbons (Fsp3) is 0.600. The Balaban J connectivity index is 2.63. The van der Waals surface area contributed by atoms with Gasteiger partial charge in [-0.2, -0.15) is 0 Å². The maximum Gasteiger partial charge on any atom is 0.329 e. The fourth-order valence-electron chi connectivity index (χ4n) is 2.66. The first-order valence-corrected chi connectivity index (χ1v) is 11.3. The van der Waals surface area contributed by atoms with E-state index in [0.29, 0.717) is 0 Å². The van der Waals surface area contributed by atoms with Crippen LogP contribution in [0.15, 0.2) is 30.3 Å². The van der Waals surface area contributed by atoms with Gasteiger partial charge < -0.3 is 19.5 Å². The third kappa shape index (κ3) is 12.9. The van der Waals surface area contributed by atoms with E-state index in [4.69, 9.17) is 14.2 Å². The Morgan fingerprint density at radius 2 is 1.44 bits per heavy atom. The van der Waals surface area contributed by atoms with Gasteiger partial charge in [-0.25, -0.2) is 4.79 Å². The number of carbonyl (C=O) groups is 4. The lowest BCUT2D eigenvalue weighted by molar-refractivity contribution is -0.160. The minimum atomic E-state index is -1.05. The third-order valence-electron chi connectivity index (χ3n) is 4.24. The lowest BCUT2D eigenvalue weighted by atomic mass is 10.1. The molecule has 0 aliphatic carbocycles. The molecule has 2 atom stereocenters. The molecular formula is C25H38N2O7. The molecule has 0 saturated heterocycles. The maximum absolute atomic E-state index is 12.6. The summed E-state index contributed by atoms with van der Waals surface area (Å²) in [6, 6.07) is 7.45. The normalized spacial score (nSPS) is 13.4. The number of carbonyl (C=O) groups excluding carboxylic acids is 4. The number of benzene rings is 1. The lowest BCUT2D eigenvalue weighted by Gasteiger charge is -2.25. The fourth-order valence-corrected chi connectivity index (χ4v) is 2.66. The molecule has 2 N–H and O–H groups in total. The molecule has 0 aliphatic rings. The van der Waals surface area contributed by atoms with E-state index in [2.05, 4.69) is 10.6 Å².